The molecule has 0 radical (unpaired) electrons. The molecule has 0 saturated heterocycles. The third-order valence-corrected chi connectivity index (χ3v) is 10.9. The smallest absolute Gasteiger partial charge is 0.251 e. The van der Waals surface area contributed by atoms with Crippen molar-refractivity contribution in [3.63, 3.8) is 0 Å². The lowest BCUT2D eigenvalue weighted by Crippen LogP contribution is -2.56. The SMILES string of the molecule is CCCCc1ccc(C(=O)NCC(=O)NCC(=O)N[C@@H](CCN)C(=O)N(C)[C@@H]2C(=O)N[C@@H](C)C(=O)N[C@H](C(=O)NCC#N)Cc3ccc(OCCN)c(c3)-c3cc2ccc3OCCN)c(C)c1. The maximum absolute atomic E-state index is 14.5. The summed E-state index contributed by atoms with van der Waals surface area (Å²) in [7, 11) is 1.35. The van der Waals surface area contributed by atoms with E-state index in [1.807, 2.05) is 25.1 Å². The molecule has 12 N–H and O–H groups in total. The Morgan fingerprint density at radius 3 is 2.16 bits per heavy atom. The summed E-state index contributed by atoms with van der Waals surface area (Å²) in [4.78, 5) is 95.8. The van der Waals surface area contributed by atoms with Crippen LogP contribution in [0.15, 0.2) is 54.6 Å². The molecule has 1 aliphatic rings. The Hall–Kier alpha value is -7.08. The number of ether oxygens (including phenoxy) is 2. The molecular formula is C47H63N11O9. The lowest BCUT2D eigenvalue weighted by atomic mass is 9.93. The molecule has 0 unspecified atom stereocenters. The van der Waals surface area contributed by atoms with Crippen LogP contribution in [-0.4, -0.2) is 124 Å². The van der Waals surface area contributed by atoms with Crippen molar-refractivity contribution in [2.75, 3.05) is 59.5 Å². The van der Waals surface area contributed by atoms with Gasteiger partial charge in [-0.05, 0) is 92.2 Å². The number of carbonyl (C=O) groups excluding carboxylic acids is 7. The fraction of sp³-hybridized carbons (Fsp3) is 0.447. The molecule has 0 aromatic heterocycles. The van der Waals surface area contributed by atoms with Gasteiger partial charge in [0.05, 0.1) is 19.2 Å². The number of unbranched alkanes of at least 4 members (excludes halogenated alkanes) is 1. The number of nitriles is 1. The molecule has 67 heavy (non-hydrogen) atoms. The molecule has 0 spiro atoms. The van der Waals surface area contributed by atoms with Gasteiger partial charge in [-0.2, -0.15) is 5.26 Å². The fourth-order valence-electron chi connectivity index (χ4n) is 7.39. The normalized spacial score (nSPS) is 16.1. The maximum atomic E-state index is 14.5. The number of nitrogens with zero attached hydrogens (tertiary/aromatic N) is 2. The second-order valence-corrected chi connectivity index (χ2v) is 16.0. The van der Waals surface area contributed by atoms with Crippen molar-refractivity contribution in [1.29, 1.82) is 5.26 Å². The number of nitrogens with one attached hydrogen (secondary N) is 6. The Bertz CT molecular complexity index is 2300. The molecule has 20 nitrogen and oxygen atoms in total. The molecule has 7 amide bonds. The fourth-order valence-corrected chi connectivity index (χ4v) is 7.39. The van der Waals surface area contributed by atoms with Crippen LogP contribution in [0.1, 0.15) is 71.8 Å². The number of rotatable bonds is 21. The molecule has 3 aromatic carbocycles. The van der Waals surface area contributed by atoms with E-state index in [1.165, 1.54) is 14.0 Å². The topological polar surface area (TPSA) is 315 Å². The molecule has 4 rings (SSSR count). The van der Waals surface area contributed by atoms with E-state index in [-0.39, 0.29) is 57.8 Å². The van der Waals surface area contributed by atoms with E-state index >= 15 is 0 Å². The van der Waals surface area contributed by atoms with Crippen molar-refractivity contribution >= 4 is 41.4 Å². The number of nitrogens with two attached hydrogens (primary N) is 3. The average molecular weight is 926 g/mol. The van der Waals surface area contributed by atoms with Crippen molar-refractivity contribution in [2.45, 2.75) is 77.0 Å². The highest BCUT2D eigenvalue weighted by atomic mass is 16.5. The molecule has 0 saturated carbocycles. The third kappa shape index (κ3) is 15.0. The predicted molar refractivity (Wildman–Crippen MR) is 249 cm³/mol. The first-order valence-electron chi connectivity index (χ1n) is 22.2. The van der Waals surface area contributed by atoms with Gasteiger partial charge in [0.1, 0.15) is 55.4 Å². The van der Waals surface area contributed by atoms with Crippen LogP contribution >= 0.6 is 0 Å². The second kappa shape index (κ2) is 26.2. The number of likely N-dealkylation sites (N-methyl/N-ethyl adjacent to an activating group) is 1. The summed E-state index contributed by atoms with van der Waals surface area (Å²) in [6.45, 7) is 4.57. The highest BCUT2D eigenvalue weighted by molar-refractivity contribution is 5.99. The van der Waals surface area contributed by atoms with E-state index in [4.69, 9.17) is 31.9 Å². The minimum absolute atomic E-state index is 0.0190. The second-order valence-electron chi connectivity index (χ2n) is 16.0. The van der Waals surface area contributed by atoms with E-state index in [2.05, 4.69) is 38.8 Å². The molecule has 1 aliphatic heterocycles. The van der Waals surface area contributed by atoms with Gasteiger partial charge in [0.25, 0.3) is 5.91 Å². The van der Waals surface area contributed by atoms with Crippen LogP contribution in [0.4, 0.5) is 0 Å². The van der Waals surface area contributed by atoms with Crippen molar-refractivity contribution in [1.82, 2.24) is 36.8 Å². The molecule has 4 bridgehead atoms. The quantitative estimate of drug-likeness (QED) is 0.0624. The van der Waals surface area contributed by atoms with Crippen molar-refractivity contribution in [3.05, 3.63) is 82.4 Å². The van der Waals surface area contributed by atoms with E-state index in [0.717, 1.165) is 35.3 Å². The third-order valence-electron chi connectivity index (χ3n) is 10.9. The van der Waals surface area contributed by atoms with Gasteiger partial charge in [0.2, 0.25) is 35.4 Å². The predicted octanol–water partition coefficient (Wildman–Crippen LogP) is -0.256. The molecule has 20 heteroatoms. The number of amides is 7. The highest BCUT2D eigenvalue weighted by Gasteiger charge is 2.36. The van der Waals surface area contributed by atoms with E-state index < -0.39 is 78.6 Å². The van der Waals surface area contributed by atoms with Crippen LogP contribution in [0.5, 0.6) is 11.5 Å². The molecule has 0 fully saturated rings. The van der Waals surface area contributed by atoms with E-state index in [9.17, 15) is 33.6 Å². The highest BCUT2D eigenvalue weighted by Crippen LogP contribution is 2.40. The van der Waals surface area contributed by atoms with Crippen LogP contribution in [0.25, 0.3) is 11.1 Å². The zero-order valence-corrected chi connectivity index (χ0v) is 38.5. The van der Waals surface area contributed by atoms with Crippen LogP contribution in [0.2, 0.25) is 0 Å². The van der Waals surface area contributed by atoms with E-state index in [0.29, 0.717) is 33.8 Å². The lowest BCUT2D eigenvalue weighted by Gasteiger charge is -2.32. The van der Waals surface area contributed by atoms with Crippen LogP contribution in [0, 0.1) is 18.3 Å². The number of hydrogen-bond donors (Lipinski definition) is 9. The van der Waals surface area contributed by atoms with Gasteiger partial charge in [-0.15, -0.1) is 0 Å². The van der Waals surface area contributed by atoms with Crippen molar-refractivity contribution in [3.8, 4) is 28.7 Å². The van der Waals surface area contributed by atoms with Gasteiger partial charge >= 0.3 is 0 Å². The summed E-state index contributed by atoms with van der Waals surface area (Å²) in [6.07, 6.45) is 2.88. The van der Waals surface area contributed by atoms with Gasteiger partial charge in [-0.1, -0.05) is 37.6 Å². The molecule has 4 atom stereocenters. The first-order chi connectivity index (χ1) is 32.1. The number of benzene rings is 3. The zero-order valence-electron chi connectivity index (χ0n) is 38.5. The minimum atomic E-state index is -1.45. The summed E-state index contributed by atoms with van der Waals surface area (Å²) in [6, 6.07) is 12.2. The summed E-state index contributed by atoms with van der Waals surface area (Å²) in [5, 5.41) is 24.6. The Kier molecular flexibility index (Phi) is 20.5. The summed E-state index contributed by atoms with van der Waals surface area (Å²) >= 11 is 0. The standard InChI is InChI=1S/C47H63N11O9/c1-5-6-7-30-8-11-33(28(2)22-30)44(62)54-26-40(59)53-27-41(60)56-36(14-15-48)47(65)58(4)42-32-10-13-39(67-21-18-51)35(25-32)34-23-31(9-12-38(34)66-20-17-50)24-37(45(63)52-19-16-49)57-43(61)29(3)55-46(42)64/h8-13,22-23,25,29,36-37,42H,5-7,14-15,17-21,24,26-27,48,50-51H2,1-4H3,(H,52,63)(H,53,59)(H,54,62)(H,55,64)(H,56,60)(H,57,61)/t29-,36-,37-,42-/m0/s1. The first-order valence-corrected chi connectivity index (χ1v) is 22.2. The Labute approximate surface area is 390 Å². The zero-order chi connectivity index (χ0) is 49.0. The lowest BCUT2D eigenvalue weighted by molar-refractivity contribution is -0.143. The van der Waals surface area contributed by atoms with Crippen LogP contribution in [0.3, 0.4) is 0 Å². The van der Waals surface area contributed by atoms with Gasteiger partial charge in [-0.3, -0.25) is 33.6 Å². The van der Waals surface area contributed by atoms with Crippen molar-refractivity contribution in [2.24, 2.45) is 17.2 Å². The van der Waals surface area contributed by atoms with Gasteiger partial charge in [-0.25, -0.2) is 0 Å². The Balaban J connectivity index is 1.63. The maximum Gasteiger partial charge on any atom is 0.251 e. The number of fused-ring (bicyclic) bond motifs is 5. The van der Waals surface area contributed by atoms with Gasteiger partial charge in [0, 0.05) is 43.2 Å². The Morgan fingerprint density at radius 2 is 1.52 bits per heavy atom. The Morgan fingerprint density at radius 1 is 0.851 bits per heavy atom. The van der Waals surface area contributed by atoms with Crippen LogP contribution < -0.4 is 58.6 Å². The van der Waals surface area contributed by atoms with Gasteiger partial charge in [0.15, 0.2) is 0 Å². The molecule has 3 aromatic rings. The first kappa shape index (κ1) is 52.5. The summed E-state index contributed by atoms with van der Waals surface area (Å²) in [5.41, 5.74) is 21.6. The van der Waals surface area contributed by atoms with Crippen LogP contribution in [-0.2, 0) is 41.6 Å². The van der Waals surface area contributed by atoms with Gasteiger partial charge < -0.3 is 63.5 Å². The molecular weight excluding hydrogens is 863 g/mol. The monoisotopic (exact) mass is 925 g/mol. The number of carbonyl (C=O) groups is 7. The molecule has 0 aliphatic carbocycles. The van der Waals surface area contributed by atoms with E-state index in [1.54, 1.807) is 42.5 Å². The molecule has 360 valence electrons. The summed E-state index contributed by atoms with van der Waals surface area (Å²) in [5.74, 6) is -4.05. The van der Waals surface area contributed by atoms with Crippen molar-refractivity contribution < 1.29 is 43.0 Å². The average Bonchev–Trinajstić information content (AvgIpc) is 3.31. The molecule has 1 heterocycles. The minimum Gasteiger partial charge on any atom is -0.492 e. The largest absolute Gasteiger partial charge is 0.492 e. The number of aryl methyl sites for hydroxylation is 2. The number of hydrogen-bond acceptors (Lipinski definition) is 13. The summed E-state index contributed by atoms with van der Waals surface area (Å²) < 4.78 is 12.1.